The third-order valence-corrected chi connectivity index (χ3v) is 2.38. The summed E-state index contributed by atoms with van der Waals surface area (Å²) in [5, 5.41) is 8.51. The number of rotatable bonds is 4. The van der Waals surface area contributed by atoms with Gasteiger partial charge in [-0.25, -0.2) is 13.8 Å². The lowest BCUT2D eigenvalue weighted by atomic mass is 10.0. The number of aromatic nitrogens is 1. The van der Waals surface area contributed by atoms with E-state index in [2.05, 4.69) is 9.72 Å². The second kappa shape index (κ2) is 6.02. The Hall–Kier alpha value is -1.62. The fourth-order valence-corrected chi connectivity index (χ4v) is 1.71. The molecule has 1 aromatic rings. The predicted molar refractivity (Wildman–Crippen MR) is 54.8 cm³/mol. The van der Waals surface area contributed by atoms with Crippen molar-refractivity contribution < 1.29 is 26.7 Å². The molecule has 0 unspecified atom stereocenters. The Balaban J connectivity index is 3.38. The number of pyridine rings is 1. The maximum absolute atomic E-state index is 12.8. The van der Waals surface area contributed by atoms with E-state index in [9.17, 15) is 22.0 Å². The lowest BCUT2D eigenvalue weighted by Gasteiger charge is -2.16. The number of nitriles is 1. The van der Waals surface area contributed by atoms with Crippen molar-refractivity contribution in [1.82, 2.24) is 4.98 Å². The highest BCUT2D eigenvalue weighted by molar-refractivity contribution is 6.17. The summed E-state index contributed by atoms with van der Waals surface area (Å²) in [7, 11) is 0. The SMILES string of the molecule is N#CCc1cnc(OC(F)(F)F)c(C(F)F)c1CCl. The van der Waals surface area contributed by atoms with E-state index in [1.165, 1.54) is 0 Å². The minimum Gasteiger partial charge on any atom is -0.387 e. The van der Waals surface area contributed by atoms with E-state index in [1.54, 1.807) is 6.07 Å². The number of halogens is 6. The van der Waals surface area contributed by atoms with Gasteiger partial charge in [0.05, 0.1) is 18.1 Å². The zero-order valence-electron chi connectivity index (χ0n) is 9.14. The van der Waals surface area contributed by atoms with Gasteiger partial charge in [-0.1, -0.05) is 0 Å². The molecule has 0 saturated carbocycles. The van der Waals surface area contributed by atoms with Gasteiger partial charge in [0.25, 0.3) is 6.43 Å². The lowest BCUT2D eigenvalue weighted by molar-refractivity contribution is -0.276. The van der Waals surface area contributed by atoms with Gasteiger partial charge in [-0.3, -0.25) is 0 Å². The molecule has 0 aliphatic heterocycles. The zero-order valence-corrected chi connectivity index (χ0v) is 9.90. The van der Waals surface area contributed by atoms with Crippen molar-refractivity contribution in [2.45, 2.75) is 25.1 Å². The van der Waals surface area contributed by atoms with E-state index in [-0.39, 0.29) is 17.5 Å². The predicted octanol–water partition coefficient (Wildman–Crippen LogP) is 3.72. The van der Waals surface area contributed by atoms with Gasteiger partial charge in [0.2, 0.25) is 5.88 Å². The minimum atomic E-state index is -5.14. The van der Waals surface area contributed by atoms with Gasteiger partial charge in [-0.05, 0) is 11.1 Å². The Morgan fingerprint density at radius 1 is 1.42 bits per heavy atom. The molecule has 1 aromatic heterocycles. The molecule has 1 heterocycles. The number of hydrogen-bond acceptors (Lipinski definition) is 3. The van der Waals surface area contributed by atoms with Crippen LogP contribution in [-0.2, 0) is 12.3 Å². The van der Waals surface area contributed by atoms with Crippen molar-refractivity contribution in [2.24, 2.45) is 0 Å². The first kappa shape index (κ1) is 15.4. The van der Waals surface area contributed by atoms with Gasteiger partial charge in [0.1, 0.15) is 0 Å². The van der Waals surface area contributed by atoms with Crippen LogP contribution in [0.1, 0.15) is 23.1 Å². The minimum absolute atomic E-state index is 0.0438. The molecule has 0 aromatic carbocycles. The molecule has 0 radical (unpaired) electrons. The highest BCUT2D eigenvalue weighted by atomic mass is 35.5. The molecular formula is C10H6ClF5N2O. The van der Waals surface area contributed by atoms with Gasteiger partial charge < -0.3 is 4.74 Å². The maximum Gasteiger partial charge on any atom is 0.574 e. The Kier molecular flexibility index (Phi) is 4.89. The van der Waals surface area contributed by atoms with Crippen molar-refractivity contribution >= 4 is 11.6 Å². The largest absolute Gasteiger partial charge is 0.574 e. The van der Waals surface area contributed by atoms with Gasteiger partial charge >= 0.3 is 6.36 Å². The zero-order chi connectivity index (χ0) is 14.6. The Morgan fingerprint density at radius 2 is 2.05 bits per heavy atom. The van der Waals surface area contributed by atoms with E-state index >= 15 is 0 Å². The van der Waals surface area contributed by atoms with Crippen molar-refractivity contribution in [3.63, 3.8) is 0 Å². The summed E-state index contributed by atoms with van der Waals surface area (Å²) in [4.78, 5) is 3.18. The summed E-state index contributed by atoms with van der Waals surface area (Å²) in [6.45, 7) is 0. The number of alkyl halides is 6. The molecule has 3 nitrogen and oxygen atoms in total. The third-order valence-electron chi connectivity index (χ3n) is 2.11. The Morgan fingerprint density at radius 3 is 2.47 bits per heavy atom. The average Bonchev–Trinajstić information content (AvgIpc) is 2.28. The van der Waals surface area contributed by atoms with Gasteiger partial charge in [-0.2, -0.15) is 5.26 Å². The summed E-state index contributed by atoms with van der Waals surface area (Å²) in [6, 6.07) is 1.69. The summed E-state index contributed by atoms with van der Waals surface area (Å²) in [6.07, 6.45) is -7.82. The molecule has 19 heavy (non-hydrogen) atoms. The molecule has 0 aliphatic rings. The van der Waals surface area contributed by atoms with Crippen molar-refractivity contribution in [3.05, 3.63) is 22.9 Å². The monoisotopic (exact) mass is 300 g/mol. The highest BCUT2D eigenvalue weighted by Crippen LogP contribution is 2.36. The van der Waals surface area contributed by atoms with E-state index in [0.29, 0.717) is 0 Å². The van der Waals surface area contributed by atoms with Crippen LogP contribution in [0.5, 0.6) is 5.88 Å². The first-order valence-electron chi connectivity index (χ1n) is 4.77. The molecule has 0 fully saturated rings. The van der Waals surface area contributed by atoms with Crippen LogP contribution in [0, 0.1) is 11.3 Å². The summed E-state index contributed by atoms with van der Waals surface area (Å²) in [5.74, 6) is -1.73. The van der Waals surface area contributed by atoms with Gasteiger partial charge in [0.15, 0.2) is 0 Å². The third kappa shape index (κ3) is 3.92. The van der Waals surface area contributed by atoms with Crippen LogP contribution < -0.4 is 4.74 Å². The highest BCUT2D eigenvalue weighted by Gasteiger charge is 2.35. The number of hydrogen-bond donors (Lipinski definition) is 0. The number of ether oxygens (including phenoxy) is 1. The van der Waals surface area contributed by atoms with Crippen LogP contribution in [0.4, 0.5) is 22.0 Å². The van der Waals surface area contributed by atoms with Crippen LogP contribution in [0.3, 0.4) is 0 Å². The topological polar surface area (TPSA) is 45.9 Å². The van der Waals surface area contributed by atoms with E-state index in [1.807, 2.05) is 0 Å². The van der Waals surface area contributed by atoms with Gasteiger partial charge in [0, 0.05) is 12.1 Å². The molecule has 0 spiro atoms. The van der Waals surface area contributed by atoms with Crippen LogP contribution in [-0.4, -0.2) is 11.3 Å². The van der Waals surface area contributed by atoms with Crippen LogP contribution in [0.2, 0.25) is 0 Å². The van der Waals surface area contributed by atoms with Crippen LogP contribution in [0.15, 0.2) is 6.20 Å². The molecule has 0 aliphatic carbocycles. The van der Waals surface area contributed by atoms with Crippen molar-refractivity contribution in [1.29, 1.82) is 5.26 Å². The molecule has 9 heteroatoms. The second-order valence-electron chi connectivity index (χ2n) is 3.30. The summed E-state index contributed by atoms with van der Waals surface area (Å²) in [5.41, 5.74) is -1.27. The molecule has 0 amide bonds. The fourth-order valence-electron chi connectivity index (χ4n) is 1.40. The van der Waals surface area contributed by atoms with Crippen LogP contribution >= 0.6 is 11.6 Å². The molecule has 1 rings (SSSR count). The fraction of sp³-hybridized carbons (Fsp3) is 0.400. The Labute approximate surface area is 109 Å². The van der Waals surface area contributed by atoms with E-state index in [4.69, 9.17) is 16.9 Å². The first-order valence-corrected chi connectivity index (χ1v) is 5.31. The lowest BCUT2D eigenvalue weighted by Crippen LogP contribution is -2.20. The summed E-state index contributed by atoms with van der Waals surface area (Å²) >= 11 is 5.45. The Bertz CT molecular complexity index is 498. The quantitative estimate of drug-likeness (QED) is 0.629. The molecule has 0 bridgehead atoms. The summed E-state index contributed by atoms with van der Waals surface area (Å²) < 4.78 is 65.4. The normalized spacial score (nSPS) is 11.5. The smallest absolute Gasteiger partial charge is 0.387 e. The number of nitrogens with zero attached hydrogens (tertiary/aromatic N) is 2. The van der Waals surface area contributed by atoms with E-state index < -0.39 is 30.1 Å². The molecule has 104 valence electrons. The first-order chi connectivity index (χ1) is 8.80. The molecule has 0 saturated heterocycles. The van der Waals surface area contributed by atoms with Crippen molar-refractivity contribution in [3.8, 4) is 11.9 Å². The average molecular weight is 301 g/mol. The van der Waals surface area contributed by atoms with E-state index in [0.717, 1.165) is 6.20 Å². The molecular weight excluding hydrogens is 295 g/mol. The molecule has 0 atom stereocenters. The van der Waals surface area contributed by atoms with Crippen molar-refractivity contribution in [2.75, 3.05) is 0 Å². The standard InChI is InChI=1S/C10H6ClF5N2O/c11-3-6-5(1-2-17)4-18-9(7(6)8(12)13)19-10(14,15)16/h4,8H,1,3H2. The van der Waals surface area contributed by atoms with Gasteiger partial charge in [-0.15, -0.1) is 24.8 Å². The second-order valence-corrected chi connectivity index (χ2v) is 3.57. The molecule has 0 N–H and O–H groups in total. The van der Waals surface area contributed by atoms with Crippen LogP contribution in [0.25, 0.3) is 0 Å². The maximum atomic E-state index is 12.8.